The number of aryl methyl sites for hydroxylation is 1. The molecule has 0 aliphatic carbocycles. The largest absolute Gasteiger partial charge is 0.467 e. The fourth-order valence-electron chi connectivity index (χ4n) is 1.54. The first-order valence-corrected chi connectivity index (χ1v) is 7.73. The van der Waals surface area contributed by atoms with Crippen LogP contribution in [0.3, 0.4) is 0 Å². The van der Waals surface area contributed by atoms with Crippen molar-refractivity contribution in [1.82, 2.24) is 15.2 Å². The molecule has 0 aliphatic heterocycles. The van der Waals surface area contributed by atoms with Crippen LogP contribution in [0.2, 0.25) is 0 Å². The third kappa shape index (κ3) is 3.44. The van der Waals surface area contributed by atoms with Crippen molar-refractivity contribution in [2.45, 2.75) is 13.5 Å². The van der Waals surface area contributed by atoms with E-state index in [1.807, 2.05) is 19.1 Å². The molecule has 0 saturated carbocycles. The van der Waals surface area contributed by atoms with Gasteiger partial charge < -0.3 is 9.73 Å². The lowest BCUT2D eigenvalue weighted by molar-refractivity contribution is 0.102. The van der Waals surface area contributed by atoms with Crippen LogP contribution in [-0.4, -0.2) is 21.1 Å². The molecule has 3 heterocycles. The van der Waals surface area contributed by atoms with E-state index in [4.69, 9.17) is 4.42 Å². The number of rotatable bonds is 5. The number of hydrogen-bond acceptors (Lipinski definition) is 8. The van der Waals surface area contributed by atoms with Gasteiger partial charge in [-0.15, -0.1) is 21.5 Å². The molecule has 0 spiro atoms. The van der Waals surface area contributed by atoms with E-state index in [2.05, 4.69) is 25.8 Å². The molecule has 0 atom stereocenters. The minimum atomic E-state index is -0.298. The lowest BCUT2D eigenvalue weighted by atomic mass is 10.4. The summed E-state index contributed by atoms with van der Waals surface area (Å²) in [6, 6.07) is 3.69. The molecule has 0 unspecified atom stereocenters. The molecule has 0 saturated heterocycles. The Labute approximate surface area is 128 Å². The van der Waals surface area contributed by atoms with Gasteiger partial charge in [-0.2, -0.15) is 0 Å². The van der Waals surface area contributed by atoms with Crippen LogP contribution in [-0.2, 0) is 6.54 Å². The van der Waals surface area contributed by atoms with Crippen LogP contribution in [0, 0.1) is 6.92 Å². The fraction of sp³-hybridized carbons (Fsp3) is 0.167. The lowest BCUT2D eigenvalue weighted by Crippen LogP contribution is -2.12. The van der Waals surface area contributed by atoms with Crippen molar-refractivity contribution >= 4 is 38.8 Å². The summed E-state index contributed by atoms with van der Waals surface area (Å²) in [7, 11) is 0. The number of anilines is 2. The molecule has 0 radical (unpaired) electrons. The number of nitrogens with zero attached hydrogens (tertiary/aromatic N) is 3. The van der Waals surface area contributed by atoms with Crippen LogP contribution in [0.1, 0.15) is 21.3 Å². The number of carbonyl (C=O) groups excluding carboxylic acids is 1. The van der Waals surface area contributed by atoms with E-state index in [0.717, 1.165) is 10.8 Å². The van der Waals surface area contributed by atoms with Gasteiger partial charge in [0.2, 0.25) is 5.13 Å². The highest BCUT2D eigenvalue weighted by molar-refractivity contribution is 7.15. The van der Waals surface area contributed by atoms with Gasteiger partial charge in [-0.05, 0) is 19.1 Å². The predicted octanol–water partition coefficient (Wildman–Crippen LogP) is 2.76. The average molecular weight is 321 g/mol. The molecule has 3 aromatic heterocycles. The maximum Gasteiger partial charge on any atom is 0.277 e. The van der Waals surface area contributed by atoms with Crippen molar-refractivity contribution in [3.63, 3.8) is 0 Å². The Morgan fingerprint density at radius 2 is 2.29 bits per heavy atom. The monoisotopic (exact) mass is 321 g/mol. The highest BCUT2D eigenvalue weighted by Crippen LogP contribution is 2.19. The van der Waals surface area contributed by atoms with Crippen molar-refractivity contribution in [3.05, 3.63) is 40.2 Å². The second-order valence-electron chi connectivity index (χ2n) is 4.05. The lowest BCUT2D eigenvalue weighted by Gasteiger charge is -1.99. The summed E-state index contributed by atoms with van der Waals surface area (Å²) in [6.45, 7) is 2.35. The zero-order valence-electron chi connectivity index (χ0n) is 11.0. The van der Waals surface area contributed by atoms with Crippen molar-refractivity contribution in [1.29, 1.82) is 0 Å². The van der Waals surface area contributed by atoms with Crippen LogP contribution >= 0.6 is 22.7 Å². The smallest absolute Gasteiger partial charge is 0.277 e. The molecule has 21 heavy (non-hydrogen) atoms. The van der Waals surface area contributed by atoms with Crippen molar-refractivity contribution in [2.24, 2.45) is 0 Å². The van der Waals surface area contributed by atoms with Gasteiger partial charge >= 0.3 is 0 Å². The molecule has 3 rings (SSSR count). The molecule has 7 nitrogen and oxygen atoms in total. The van der Waals surface area contributed by atoms with E-state index in [1.54, 1.807) is 11.6 Å². The first-order chi connectivity index (χ1) is 10.2. The summed E-state index contributed by atoms with van der Waals surface area (Å²) in [5.74, 6) is 0.508. The molecule has 2 N–H and O–H groups in total. The number of thiazole rings is 1. The van der Waals surface area contributed by atoms with Gasteiger partial charge in [0.25, 0.3) is 5.91 Å². The van der Waals surface area contributed by atoms with Gasteiger partial charge in [-0.1, -0.05) is 11.3 Å². The van der Waals surface area contributed by atoms with E-state index in [9.17, 15) is 4.79 Å². The molecule has 0 bridgehead atoms. The van der Waals surface area contributed by atoms with E-state index >= 15 is 0 Å². The molecule has 1 amide bonds. The van der Waals surface area contributed by atoms with Crippen LogP contribution in [0.5, 0.6) is 0 Å². The zero-order valence-corrected chi connectivity index (χ0v) is 12.6. The van der Waals surface area contributed by atoms with E-state index < -0.39 is 0 Å². The highest BCUT2D eigenvalue weighted by Gasteiger charge is 2.13. The number of furan rings is 1. The summed E-state index contributed by atoms with van der Waals surface area (Å²) in [5.41, 5.74) is 0.342. The second kappa shape index (κ2) is 6.02. The van der Waals surface area contributed by atoms with Crippen molar-refractivity contribution in [3.8, 4) is 0 Å². The maximum atomic E-state index is 12.0. The number of nitrogens with one attached hydrogen (secondary N) is 2. The minimum Gasteiger partial charge on any atom is -0.467 e. The topological polar surface area (TPSA) is 92.9 Å². The quantitative estimate of drug-likeness (QED) is 0.750. The van der Waals surface area contributed by atoms with E-state index in [0.29, 0.717) is 22.5 Å². The van der Waals surface area contributed by atoms with Gasteiger partial charge in [0, 0.05) is 5.38 Å². The number of hydrogen-bond donors (Lipinski definition) is 2. The first-order valence-electron chi connectivity index (χ1n) is 6.04. The summed E-state index contributed by atoms with van der Waals surface area (Å²) < 4.78 is 5.21. The zero-order chi connectivity index (χ0) is 14.7. The maximum absolute atomic E-state index is 12.0. The predicted molar refractivity (Wildman–Crippen MR) is 80.7 cm³/mol. The molecule has 108 valence electrons. The van der Waals surface area contributed by atoms with Gasteiger partial charge in [0.05, 0.1) is 12.8 Å². The Balaban J connectivity index is 1.60. The Hall–Kier alpha value is -2.26. The number of amides is 1. The molecular weight excluding hydrogens is 310 g/mol. The first kappa shape index (κ1) is 13.7. The van der Waals surface area contributed by atoms with Crippen LogP contribution in [0.25, 0.3) is 0 Å². The normalized spacial score (nSPS) is 10.5. The highest BCUT2D eigenvalue weighted by atomic mass is 32.1. The SMILES string of the molecule is Cc1nnc(NC(=O)c2csc(NCc3ccco3)n2)s1. The minimum absolute atomic E-state index is 0.298. The number of aromatic nitrogens is 3. The summed E-state index contributed by atoms with van der Waals surface area (Å²) in [5, 5.41) is 17.1. The summed E-state index contributed by atoms with van der Waals surface area (Å²) in [4.78, 5) is 16.2. The Morgan fingerprint density at radius 1 is 1.38 bits per heavy atom. The van der Waals surface area contributed by atoms with Gasteiger partial charge in [-0.3, -0.25) is 10.1 Å². The van der Waals surface area contributed by atoms with E-state index in [-0.39, 0.29) is 5.91 Å². The Morgan fingerprint density at radius 3 is 3.00 bits per heavy atom. The van der Waals surface area contributed by atoms with E-state index in [1.165, 1.54) is 22.7 Å². The molecule has 0 aromatic carbocycles. The van der Waals surface area contributed by atoms with Crippen molar-refractivity contribution in [2.75, 3.05) is 10.6 Å². The third-order valence-corrected chi connectivity index (χ3v) is 4.03. The summed E-state index contributed by atoms with van der Waals surface area (Å²) >= 11 is 2.68. The standard InChI is InChI=1S/C12H11N5O2S2/c1-7-16-17-12(21-7)15-10(18)9-6-20-11(14-9)13-5-8-3-2-4-19-8/h2-4,6H,5H2,1H3,(H,13,14)(H,15,17,18). The second-order valence-corrected chi connectivity index (χ2v) is 6.09. The fourth-order valence-corrected chi connectivity index (χ4v) is 2.82. The molecule has 3 aromatic rings. The van der Waals surface area contributed by atoms with Crippen LogP contribution < -0.4 is 10.6 Å². The van der Waals surface area contributed by atoms with Crippen LogP contribution in [0.4, 0.5) is 10.3 Å². The third-order valence-electron chi connectivity index (χ3n) is 2.48. The Bertz CT molecular complexity index is 735. The van der Waals surface area contributed by atoms with Gasteiger partial charge in [-0.25, -0.2) is 4.98 Å². The molecular formula is C12H11N5O2S2. The Kier molecular flexibility index (Phi) is 3.93. The summed E-state index contributed by atoms with van der Waals surface area (Å²) in [6.07, 6.45) is 1.61. The van der Waals surface area contributed by atoms with Crippen molar-refractivity contribution < 1.29 is 9.21 Å². The van der Waals surface area contributed by atoms with Crippen LogP contribution in [0.15, 0.2) is 28.2 Å². The van der Waals surface area contributed by atoms with Gasteiger partial charge in [0.15, 0.2) is 5.13 Å². The molecule has 0 aliphatic rings. The van der Waals surface area contributed by atoms with Gasteiger partial charge in [0.1, 0.15) is 16.5 Å². The number of carbonyl (C=O) groups is 1. The molecule has 9 heteroatoms. The average Bonchev–Trinajstić information content (AvgIpc) is 3.17. The molecule has 0 fully saturated rings.